The molecular weight excluding hydrogens is 478 g/mol. The molecule has 2 amide bonds. The number of carbonyl (C=O) groups is 2. The van der Waals surface area contributed by atoms with Crippen LogP contribution in [-0.4, -0.2) is 53.7 Å². The van der Waals surface area contributed by atoms with Gasteiger partial charge >= 0.3 is 6.18 Å². The second-order valence-corrected chi connectivity index (χ2v) is 9.00. The van der Waals surface area contributed by atoms with Crippen LogP contribution in [0, 0.1) is 17.5 Å². The number of nitrogens with one attached hydrogen (secondary N) is 1. The van der Waals surface area contributed by atoms with Crippen molar-refractivity contribution in [2.24, 2.45) is 0 Å². The minimum absolute atomic E-state index is 0.00951. The van der Waals surface area contributed by atoms with Gasteiger partial charge in [0.15, 0.2) is 0 Å². The van der Waals surface area contributed by atoms with Gasteiger partial charge in [0.2, 0.25) is 11.8 Å². The average molecular weight is 500 g/mol. The fraction of sp³-hybridized carbons (Fsp3) is 0.417. The van der Waals surface area contributed by atoms with E-state index in [1.807, 2.05) is 0 Å². The first-order valence-corrected chi connectivity index (χ1v) is 10.9. The lowest BCUT2D eigenvalue weighted by molar-refractivity contribution is -0.164. The third kappa shape index (κ3) is 5.14. The molecule has 11 heteroatoms. The van der Waals surface area contributed by atoms with Crippen LogP contribution in [0.15, 0.2) is 36.4 Å². The third-order valence-electron chi connectivity index (χ3n) is 6.39. The average Bonchev–Trinajstić information content (AvgIpc) is 2.97. The number of likely N-dealkylation sites (tertiary alicyclic amines) is 1. The molecule has 2 fully saturated rings. The summed E-state index contributed by atoms with van der Waals surface area (Å²) in [5, 5.41) is 2.76. The molecule has 35 heavy (non-hydrogen) atoms. The molecule has 0 aromatic heterocycles. The highest BCUT2D eigenvalue weighted by atomic mass is 19.4. The van der Waals surface area contributed by atoms with Gasteiger partial charge in [-0.1, -0.05) is 18.2 Å². The van der Waals surface area contributed by atoms with Crippen molar-refractivity contribution < 1.29 is 40.7 Å². The molecule has 4 rings (SSSR count). The number of hydrogen-bond acceptors (Lipinski definition) is 3. The summed E-state index contributed by atoms with van der Waals surface area (Å²) in [5.41, 5.74) is -1.38. The summed E-state index contributed by atoms with van der Waals surface area (Å²) >= 11 is 0. The van der Waals surface area contributed by atoms with Crippen LogP contribution in [0.5, 0.6) is 0 Å². The predicted molar refractivity (Wildman–Crippen MR) is 113 cm³/mol. The van der Waals surface area contributed by atoms with Gasteiger partial charge < -0.3 is 15.0 Å². The zero-order chi connectivity index (χ0) is 25.5. The molecule has 0 radical (unpaired) electrons. The minimum atomic E-state index is -4.75. The van der Waals surface area contributed by atoms with Crippen molar-refractivity contribution in [1.29, 1.82) is 0 Å². The molecule has 2 aromatic rings. The van der Waals surface area contributed by atoms with Gasteiger partial charge in [-0.3, -0.25) is 9.59 Å². The van der Waals surface area contributed by atoms with Gasteiger partial charge in [0.25, 0.3) is 0 Å². The highest BCUT2D eigenvalue weighted by Crippen LogP contribution is 2.39. The zero-order valence-electron chi connectivity index (χ0n) is 18.6. The fourth-order valence-electron chi connectivity index (χ4n) is 5.15. The highest BCUT2D eigenvalue weighted by molar-refractivity contribution is 5.81. The Balaban J connectivity index is 1.74. The van der Waals surface area contributed by atoms with E-state index in [0.717, 1.165) is 17.0 Å². The summed E-state index contributed by atoms with van der Waals surface area (Å²) in [4.78, 5) is 25.9. The van der Waals surface area contributed by atoms with Crippen molar-refractivity contribution in [2.75, 3.05) is 13.2 Å². The molecular formula is C24H22F6N2O3. The number of halogens is 6. The van der Waals surface area contributed by atoms with E-state index in [2.05, 4.69) is 5.32 Å². The van der Waals surface area contributed by atoms with Crippen LogP contribution in [0.4, 0.5) is 26.3 Å². The minimum Gasteiger partial charge on any atom is -0.369 e. The summed E-state index contributed by atoms with van der Waals surface area (Å²) in [6.45, 7) is 1.24. The fourth-order valence-corrected chi connectivity index (χ4v) is 5.15. The standard InChI is InChI=1S/C24H22F6N2O3/c1-13-9-23(12-35-11-20(33)31-23)19(32(13)21(34)10-24(28,29)30)7-14-3-2-4-18(22(14)27)15-5-16(25)8-17(26)6-15/h2-6,8,13,19H,7,9-12H2,1H3,(H,31,33)/t13-,19+,23-/m1/s1. The largest absolute Gasteiger partial charge is 0.397 e. The van der Waals surface area contributed by atoms with E-state index in [0.29, 0.717) is 6.07 Å². The van der Waals surface area contributed by atoms with Crippen molar-refractivity contribution >= 4 is 11.8 Å². The van der Waals surface area contributed by atoms with Crippen LogP contribution in [0.3, 0.4) is 0 Å². The van der Waals surface area contributed by atoms with Crippen LogP contribution in [0.1, 0.15) is 25.3 Å². The van der Waals surface area contributed by atoms with E-state index in [-0.39, 0.29) is 42.7 Å². The van der Waals surface area contributed by atoms with Gasteiger partial charge in [-0.05, 0) is 43.0 Å². The lowest BCUT2D eigenvalue weighted by Crippen LogP contribution is -2.64. The van der Waals surface area contributed by atoms with Crippen LogP contribution < -0.4 is 5.32 Å². The van der Waals surface area contributed by atoms with E-state index < -0.39 is 59.5 Å². The molecule has 1 spiro atoms. The Morgan fingerprint density at radius 3 is 2.49 bits per heavy atom. The second-order valence-electron chi connectivity index (χ2n) is 9.00. The first-order valence-electron chi connectivity index (χ1n) is 10.9. The first-order chi connectivity index (χ1) is 16.4. The molecule has 2 aliphatic heterocycles. The maximum Gasteiger partial charge on any atom is 0.397 e. The van der Waals surface area contributed by atoms with Crippen LogP contribution >= 0.6 is 0 Å². The number of ether oxygens (including phenoxy) is 1. The predicted octanol–water partition coefficient (Wildman–Crippen LogP) is 4.14. The van der Waals surface area contributed by atoms with Crippen molar-refractivity contribution in [3.05, 3.63) is 59.4 Å². The second kappa shape index (κ2) is 9.18. The Morgan fingerprint density at radius 2 is 1.86 bits per heavy atom. The normalized spacial score (nSPS) is 24.7. The summed E-state index contributed by atoms with van der Waals surface area (Å²) in [7, 11) is 0. The van der Waals surface area contributed by atoms with Gasteiger partial charge in [0.05, 0.1) is 18.2 Å². The number of benzene rings is 2. The Bertz CT molecular complexity index is 1130. The number of alkyl halides is 3. The molecule has 2 aliphatic rings. The molecule has 0 unspecified atom stereocenters. The van der Waals surface area contributed by atoms with Crippen LogP contribution in [0.25, 0.3) is 11.1 Å². The molecule has 2 heterocycles. The summed E-state index contributed by atoms with van der Waals surface area (Å²) in [6.07, 6.45) is -6.60. The lowest BCUT2D eigenvalue weighted by atomic mass is 9.84. The smallest absolute Gasteiger partial charge is 0.369 e. The topological polar surface area (TPSA) is 58.6 Å². The maximum atomic E-state index is 15.6. The Morgan fingerprint density at radius 1 is 1.17 bits per heavy atom. The molecule has 1 N–H and O–H groups in total. The number of hydrogen-bond donors (Lipinski definition) is 1. The van der Waals surface area contributed by atoms with Gasteiger partial charge in [0, 0.05) is 17.7 Å². The maximum absolute atomic E-state index is 15.6. The van der Waals surface area contributed by atoms with Crippen LogP contribution in [-0.2, 0) is 20.7 Å². The molecule has 0 saturated carbocycles. The molecule has 2 aromatic carbocycles. The van der Waals surface area contributed by atoms with E-state index in [9.17, 15) is 31.5 Å². The van der Waals surface area contributed by atoms with Gasteiger partial charge in [-0.2, -0.15) is 13.2 Å². The SMILES string of the molecule is C[C@@H]1C[C@@]2(COCC(=O)N2)[C@H](Cc2cccc(-c3cc(F)cc(F)c3)c2F)N1C(=O)CC(F)(F)F. The molecule has 3 atom stereocenters. The summed E-state index contributed by atoms with van der Waals surface area (Å²) < 4.78 is 87.5. The van der Waals surface area contributed by atoms with E-state index in [1.54, 1.807) is 6.92 Å². The third-order valence-corrected chi connectivity index (χ3v) is 6.39. The highest BCUT2D eigenvalue weighted by Gasteiger charge is 2.55. The molecule has 5 nitrogen and oxygen atoms in total. The van der Waals surface area contributed by atoms with Gasteiger partial charge in [-0.15, -0.1) is 0 Å². The van der Waals surface area contributed by atoms with E-state index >= 15 is 4.39 Å². The Hall–Kier alpha value is -3.08. The number of morpholine rings is 1. The summed E-state index contributed by atoms with van der Waals surface area (Å²) in [6, 6.07) is 4.95. The van der Waals surface area contributed by atoms with Crippen LogP contribution in [0.2, 0.25) is 0 Å². The van der Waals surface area contributed by atoms with Gasteiger partial charge in [0.1, 0.15) is 30.5 Å². The van der Waals surface area contributed by atoms with Crippen molar-refractivity contribution in [2.45, 2.75) is 50.0 Å². The number of carbonyl (C=O) groups excluding carboxylic acids is 2. The zero-order valence-corrected chi connectivity index (χ0v) is 18.6. The summed E-state index contributed by atoms with van der Waals surface area (Å²) in [5.74, 6) is -4.34. The lowest BCUT2D eigenvalue weighted by Gasteiger charge is -2.41. The number of amides is 2. The first kappa shape index (κ1) is 25.0. The van der Waals surface area contributed by atoms with E-state index in [4.69, 9.17) is 4.74 Å². The van der Waals surface area contributed by atoms with Crippen molar-refractivity contribution in [1.82, 2.24) is 10.2 Å². The van der Waals surface area contributed by atoms with Gasteiger partial charge in [-0.25, -0.2) is 13.2 Å². The molecule has 0 bridgehead atoms. The number of nitrogens with zero attached hydrogens (tertiary/aromatic N) is 1. The molecule has 2 saturated heterocycles. The molecule has 0 aliphatic carbocycles. The van der Waals surface area contributed by atoms with Crippen molar-refractivity contribution in [3.8, 4) is 11.1 Å². The number of rotatable bonds is 4. The Kier molecular flexibility index (Phi) is 6.56. The monoisotopic (exact) mass is 500 g/mol. The quantitative estimate of drug-likeness (QED) is 0.643. The van der Waals surface area contributed by atoms with Crippen molar-refractivity contribution in [3.63, 3.8) is 0 Å². The molecule has 188 valence electrons. The van der Waals surface area contributed by atoms with E-state index in [1.165, 1.54) is 18.2 Å². The Labute approximate surface area is 197 Å².